The summed E-state index contributed by atoms with van der Waals surface area (Å²) in [5.74, 6) is 0. The van der Waals surface area contributed by atoms with Crippen molar-refractivity contribution in [3.63, 3.8) is 0 Å². The Balaban J connectivity index is 2.45. The van der Waals surface area contributed by atoms with Gasteiger partial charge in [-0.25, -0.2) is 0 Å². The Bertz CT molecular complexity index is 269. The largest absolute Gasteiger partial charge is 0.323 e. The quantitative estimate of drug-likeness (QED) is 0.756. The summed E-state index contributed by atoms with van der Waals surface area (Å²) in [7, 11) is 4.01. The number of hydrogen-bond acceptors (Lipinski definition) is 3. The Hall–Kier alpha value is -0.870. The number of aryl methyl sites for hydroxylation is 1. The van der Waals surface area contributed by atoms with E-state index in [1.807, 2.05) is 19.4 Å². The molecule has 1 atom stereocenters. The zero-order valence-corrected chi connectivity index (χ0v) is 9.27. The van der Waals surface area contributed by atoms with E-state index in [0.717, 1.165) is 25.1 Å². The predicted octanol–water partition coefficient (Wildman–Crippen LogP) is 0.762. The maximum Gasteiger partial charge on any atom is 0.0537 e. The zero-order chi connectivity index (χ0) is 10.6. The lowest BCUT2D eigenvalue weighted by Crippen LogP contribution is -2.29. The van der Waals surface area contributed by atoms with Gasteiger partial charge in [0.15, 0.2) is 0 Å². The fourth-order valence-electron chi connectivity index (χ4n) is 1.55. The molecule has 4 heteroatoms. The van der Waals surface area contributed by atoms with Crippen LogP contribution in [0.25, 0.3) is 0 Å². The van der Waals surface area contributed by atoms with Crippen LogP contribution in [-0.2, 0) is 7.05 Å². The maximum atomic E-state index is 6.04. The van der Waals surface area contributed by atoms with Crippen molar-refractivity contribution in [2.45, 2.75) is 19.4 Å². The highest BCUT2D eigenvalue weighted by Gasteiger charge is 2.09. The number of hydrogen-bond donors (Lipinski definition) is 1. The zero-order valence-electron chi connectivity index (χ0n) is 9.27. The number of rotatable bonds is 5. The van der Waals surface area contributed by atoms with Crippen LogP contribution in [0.15, 0.2) is 12.4 Å². The summed E-state index contributed by atoms with van der Waals surface area (Å²) in [6.07, 6.45) is 4.98. The van der Waals surface area contributed by atoms with Crippen molar-refractivity contribution < 1.29 is 0 Å². The number of aromatic nitrogens is 2. The van der Waals surface area contributed by atoms with Crippen LogP contribution in [0.2, 0.25) is 0 Å². The van der Waals surface area contributed by atoms with Crippen molar-refractivity contribution in [3.8, 4) is 0 Å². The van der Waals surface area contributed by atoms with Gasteiger partial charge < -0.3 is 10.6 Å². The van der Waals surface area contributed by atoms with Crippen LogP contribution in [-0.4, -0.2) is 34.8 Å². The molecule has 0 saturated heterocycles. The van der Waals surface area contributed by atoms with Crippen molar-refractivity contribution in [3.05, 3.63) is 18.0 Å². The lowest BCUT2D eigenvalue weighted by atomic mass is 10.1. The molecular formula is C10H20N4. The molecule has 0 aliphatic rings. The van der Waals surface area contributed by atoms with Crippen molar-refractivity contribution in [1.82, 2.24) is 14.7 Å². The highest BCUT2D eigenvalue weighted by molar-refractivity contribution is 5.09. The molecule has 1 unspecified atom stereocenters. The van der Waals surface area contributed by atoms with Gasteiger partial charge in [-0.05, 0) is 20.0 Å². The van der Waals surface area contributed by atoms with Crippen LogP contribution in [0.1, 0.15) is 24.9 Å². The van der Waals surface area contributed by atoms with Gasteiger partial charge in [-0.15, -0.1) is 0 Å². The van der Waals surface area contributed by atoms with Crippen molar-refractivity contribution in [2.75, 3.05) is 20.1 Å². The van der Waals surface area contributed by atoms with Gasteiger partial charge in [-0.1, -0.05) is 6.92 Å². The molecule has 0 spiro atoms. The summed E-state index contributed by atoms with van der Waals surface area (Å²) in [6.45, 7) is 4.15. The van der Waals surface area contributed by atoms with Crippen molar-refractivity contribution in [1.29, 1.82) is 0 Å². The SMILES string of the molecule is CCCN(C)CC(N)c1cnn(C)c1. The molecule has 14 heavy (non-hydrogen) atoms. The molecule has 0 radical (unpaired) electrons. The molecule has 0 aromatic carbocycles. The van der Waals surface area contributed by atoms with Gasteiger partial charge in [0, 0.05) is 31.4 Å². The summed E-state index contributed by atoms with van der Waals surface area (Å²) in [5.41, 5.74) is 7.15. The maximum absolute atomic E-state index is 6.04. The molecule has 2 N–H and O–H groups in total. The Morgan fingerprint density at radius 2 is 2.36 bits per heavy atom. The first kappa shape index (κ1) is 11.2. The van der Waals surface area contributed by atoms with Gasteiger partial charge in [-0.3, -0.25) is 4.68 Å². The summed E-state index contributed by atoms with van der Waals surface area (Å²) in [4.78, 5) is 2.25. The standard InChI is InChI=1S/C10H20N4/c1-4-5-13(2)8-10(11)9-6-12-14(3)7-9/h6-7,10H,4-5,8,11H2,1-3H3. The van der Waals surface area contributed by atoms with Crippen LogP contribution < -0.4 is 5.73 Å². The summed E-state index contributed by atoms with van der Waals surface area (Å²) >= 11 is 0. The van der Waals surface area contributed by atoms with Crippen LogP contribution >= 0.6 is 0 Å². The smallest absolute Gasteiger partial charge is 0.0537 e. The fourth-order valence-corrected chi connectivity index (χ4v) is 1.55. The summed E-state index contributed by atoms with van der Waals surface area (Å²) in [5, 5.41) is 4.11. The molecule has 0 fully saturated rings. The number of nitrogens with zero attached hydrogens (tertiary/aromatic N) is 3. The minimum absolute atomic E-state index is 0.0697. The van der Waals surface area contributed by atoms with Gasteiger partial charge in [-0.2, -0.15) is 5.10 Å². The Labute approximate surface area is 85.7 Å². The molecule has 0 bridgehead atoms. The minimum Gasteiger partial charge on any atom is -0.323 e. The second-order valence-electron chi connectivity index (χ2n) is 3.82. The molecule has 1 aromatic rings. The second-order valence-corrected chi connectivity index (χ2v) is 3.82. The van der Waals surface area contributed by atoms with Crippen molar-refractivity contribution in [2.24, 2.45) is 12.8 Å². The van der Waals surface area contributed by atoms with Crippen LogP contribution in [0.4, 0.5) is 0 Å². The number of nitrogens with two attached hydrogens (primary N) is 1. The van der Waals surface area contributed by atoms with Gasteiger partial charge in [0.2, 0.25) is 0 Å². The second kappa shape index (κ2) is 5.12. The summed E-state index contributed by atoms with van der Waals surface area (Å²) in [6, 6.07) is 0.0697. The third-order valence-corrected chi connectivity index (χ3v) is 2.27. The lowest BCUT2D eigenvalue weighted by Gasteiger charge is -2.19. The van der Waals surface area contributed by atoms with Gasteiger partial charge in [0.1, 0.15) is 0 Å². The van der Waals surface area contributed by atoms with E-state index in [1.54, 1.807) is 4.68 Å². The molecule has 0 aliphatic heterocycles. The lowest BCUT2D eigenvalue weighted by molar-refractivity contribution is 0.313. The molecule has 4 nitrogen and oxygen atoms in total. The molecular weight excluding hydrogens is 176 g/mol. The van der Waals surface area contributed by atoms with Crippen LogP contribution in [0.5, 0.6) is 0 Å². The average Bonchev–Trinajstić information content (AvgIpc) is 2.52. The van der Waals surface area contributed by atoms with Crippen molar-refractivity contribution >= 4 is 0 Å². The van der Waals surface area contributed by atoms with E-state index in [-0.39, 0.29) is 6.04 Å². The molecule has 1 aromatic heterocycles. The third-order valence-electron chi connectivity index (χ3n) is 2.27. The first-order valence-electron chi connectivity index (χ1n) is 5.06. The first-order chi connectivity index (χ1) is 6.63. The highest BCUT2D eigenvalue weighted by Crippen LogP contribution is 2.09. The van der Waals surface area contributed by atoms with E-state index < -0.39 is 0 Å². The molecule has 0 aliphatic carbocycles. The fraction of sp³-hybridized carbons (Fsp3) is 0.700. The summed E-state index contributed by atoms with van der Waals surface area (Å²) < 4.78 is 1.79. The Morgan fingerprint density at radius 3 is 2.86 bits per heavy atom. The van der Waals surface area contributed by atoms with Crippen LogP contribution in [0, 0.1) is 0 Å². The number of likely N-dealkylation sites (N-methyl/N-ethyl adjacent to an activating group) is 1. The Morgan fingerprint density at radius 1 is 1.64 bits per heavy atom. The average molecular weight is 196 g/mol. The third kappa shape index (κ3) is 3.12. The van der Waals surface area contributed by atoms with E-state index in [0.29, 0.717) is 0 Å². The molecule has 80 valence electrons. The molecule has 1 heterocycles. The molecule has 1 rings (SSSR count). The Kier molecular flexibility index (Phi) is 4.10. The topological polar surface area (TPSA) is 47.1 Å². The van der Waals surface area contributed by atoms with E-state index in [1.165, 1.54) is 0 Å². The van der Waals surface area contributed by atoms with E-state index >= 15 is 0 Å². The van der Waals surface area contributed by atoms with E-state index in [9.17, 15) is 0 Å². The molecule has 0 saturated carbocycles. The van der Waals surface area contributed by atoms with E-state index in [4.69, 9.17) is 5.73 Å². The van der Waals surface area contributed by atoms with Gasteiger partial charge in [0.25, 0.3) is 0 Å². The van der Waals surface area contributed by atoms with E-state index in [2.05, 4.69) is 24.0 Å². The first-order valence-corrected chi connectivity index (χ1v) is 5.06. The van der Waals surface area contributed by atoms with Crippen LogP contribution in [0.3, 0.4) is 0 Å². The minimum atomic E-state index is 0.0697. The molecule has 0 amide bonds. The van der Waals surface area contributed by atoms with Gasteiger partial charge >= 0.3 is 0 Å². The van der Waals surface area contributed by atoms with Gasteiger partial charge in [0.05, 0.1) is 6.20 Å². The normalized spacial score (nSPS) is 13.5. The highest BCUT2D eigenvalue weighted by atomic mass is 15.2. The predicted molar refractivity (Wildman–Crippen MR) is 57.9 cm³/mol. The monoisotopic (exact) mass is 196 g/mol.